The second-order valence-corrected chi connectivity index (χ2v) is 8.06. The third-order valence-corrected chi connectivity index (χ3v) is 5.40. The van der Waals surface area contributed by atoms with Crippen LogP contribution in [0, 0.1) is 13.8 Å². The number of hydrogen-bond acceptors (Lipinski definition) is 5. The Labute approximate surface area is 183 Å². The number of nitrogens with zero attached hydrogens (tertiary/aromatic N) is 5. The Hall–Kier alpha value is -3.26. The number of aromatic nitrogens is 5. The molecule has 0 bridgehead atoms. The molecule has 0 spiro atoms. The molecule has 1 N–H and O–H groups in total. The van der Waals surface area contributed by atoms with Gasteiger partial charge in [0.15, 0.2) is 5.65 Å². The number of nitrogens with one attached hydrogen (secondary N) is 1. The summed E-state index contributed by atoms with van der Waals surface area (Å²) in [4.78, 5) is 39.6. The molecule has 0 fully saturated rings. The van der Waals surface area contributed by atoms with Gasteiger partial charge in [0.25, 0.3) is 11.5 Å². The molecule has 9 heteroatoms. The Morgan fingerprint density at radius 1 is 1.23 bits per heavy atom. The fourth-order valence-corrected chi connectivity index (χ4v) is 4.01. The Morgan fingerprint density at radius 2 is 2.00 bits per heavy atom. The summed E-state index contributed by atoms with van der Waals surface area (Å²) in [6, 6.07) is 6.74. The van der Waals surface area contributed by atoms with E-state index in [0.717, 1.165) is 23.2 Å². The van der Waals surface area contributed by atoms with Gasteiger partial charge in [0.1, 0.15) is 5.82 Å². The van der Waals surface area contributed by atoms with Gasteiger partial charge in [-0.2, -0.15) is 5.10 Å². The van der Waals surface area contributed by atoms with Crippen LogP contribution in [0.25, 0.3) is 21.9 Å². The number of halogens is 1. The van der Waals surface area contributed by atoms with Crippen LogP contribution in [0.1, 0.15) is 40.9 Å². The van der Waals surface area contributed by atoms with Crippen LogP contribution in [0.5, 0.6) is 0 Å². The van der Waals surface area contributed by atoms with Gasteiger partial charge in [-0.3, -0.25) is 14.3 Å². The van der Waals surface area contributed by atoms with E-state index in [1.54, 1.807) is 33.8 Å². The lowest BCUT2D eigenvalue weighted by Crippen LogP contribution is -2.33. The Morgan fingerprint density at radius 3 is 2.74 bits per heavy atom. The number of H-pyrrole nitrogens is 1. The predicted octanol–water partition coefficient (Wildman–Crippen LogP) is 3.53. The highest BCUT2D eigenvalue weighted by Crippen LogP contribution is 2.24. The van der Waals surface area contributed by atoms with Crippen molar-refractivity contribution in [3.05, 3.63) is 62.4 Å². The van der Waals surface area contributed by atoms with Crippen LogP contribution >= 0.6 is 11.6 Å². The van der Waals surface area contributed by atoms with Gasteiger partial charge in [-0.1, -0.05) is 18.5 Å². The Bertz CT molecular complexity index is 1370. The van der Waals surface area contributed by atoms with Crippen LogP contribution in [-0.2, 0) is 13.6 Å². The van der Waals surface area contributed by atoms with Crippen molar-refractivity contribution in [1.29, 1.82) is 0 Å². The van der Waals surface area contributed by atoms with Gasteiger partial charge in [0.05, 0.1) is 34.1 Å². The molecule has 0 unspecified atom stereocenters. The molecule has 31 heavy (non-hydrogen) atoms. The van der Waals surface area contributed by atoms with Crippen molar-refractivity contribution < 1.29 is 4.79 Å². The molecule has 0 radical (unpaired) electrons. The maximum atomic E-state index is 13.6. The first-order valence-corrected chi connectivity index (χ1v) is 10.4. The van der Waals surface area contributed by atoms with Crippen LogP contribution in [0.2, 0.25) is 5.02 Å². The molecule has 0 aliphatic rings. The molecule has 160 valence electrons. The minimum Gasteiger partial charge on any atom is -0.331 e. The topological polar surface area (TPSA) is 96.8 Å². The summed E-state index contributed by atoms with van der Waals surface area (Å²) >= 11 is 6.07. The molecule has 0 aliphatic carbocycles. The standard InChI is InChI=1S/C22H23ClN6O2/c1-5-8-29(11-18-25-17-10-14(23)6-7-15(17)21(30)26-18)22(31)16-9-12(2)24-20-19(16)13(3)27-28(20)4/h6-7,9-10H,5,8,11H2,1-4H3,(H,25,26,30). The minimum absolute atomic E-state index is 0.151. The van der Waals surface area contributed by atoms with Gasteiger partial charge in [0.2, 0.25) is 0 Å². The van der Waals surface area contributed by atoms with Gasteiger partial charge in [0, 0.05) is 24.3 Å². The molecule has 0 saturated heterocycles. The lowest BCUT2D eigenvalue weighted by atomic mass is 10.1. The van der Waals surface area contributed by atoms with Crippen LogP contribution in [0.3, 0.4) is 0 Å². The van der Waals surface area contributed by atoms with E-state index in [9.17, 15) is 9.59 Å². The molecule has 1 aromatic carbocycles. The third kappa shape index (κ3) is 3.90. The van der Waals surface area contributed by atoms with Crippen molar-refractivity contribution >= 4 is 39.4 Å². The maximum absolute atomic E-state index is 13.6. The number of aromatic amines is 1. The van der Waals surface area contributed by atoms with Crippen LogP contribution in [-0.4, -0.2) is 42.1 Å². The van der Waals surface area contributed by atoms with Gasteiger partial charge in [-0.25, -0.2) is 9.97 Å². The first-order chi connectivity index (χ1) is 14.8. The van der Waals surface area contributed by atoms with Crippen LogP contribution < -0.4 is 5.56 Å². The van der Waals surface area contributed by atoms with Crippen molar-refractivity contribution in [2.75, 3.05) is 6.54 Å². The quantitative estimate of drug-likeness (QED) is 0.514. The van der Waals surface area contributed by atoms with Crippen molar-refractivity contribution in [3.63, 3.8) is 0 Å². The van der Waals surface area contributed by atoms with E-state index in [-0.39, 0.29) is 18.0 Å². The fourth-order valence-electron chi connectivity index (χ4n) is 3.85. The molecule has 0 aliphatic heterocycles. The largest absolute Gasteiger partial charge is 0.331 e. The highest BCUT2D eigenvalue weighted by atomic mass is 35.5. The summed E-state index contributed by atoms with van der Waals surface area (Å²) in [6.45, 7) is 6.41. The zero-order valence-corrected chi connectivity index (χ0v) is 18.6. The number of fused-ring (bicyclic) bond motifs is 2. The molecule has 3 heterocycles. The van der Waals surface area contributed by atoms with Crippen LogP contribution in [0.4, 0.5) is 0 Å². The van der Waals surface area contributed by atoms with Crippen LogP contribution in [0.15, 0.2) is 29.1 Å². The van der Waals surface area contributed by atoms with E-state index in [4.69, 9.17) is 11.6 Å². The van der Waals surface area contributed by atoms with Gasteiger partial charge in [-0.05, 0) is 44.5 Å². The SMILES string of the molecule is CCCN(Cc1nc2cc(Cl)ccc2c(=O)[nH]1)C(=O)c1cc(C)nc2c1c(C)nn2C. The molecule has 3 aromatic heterocycles. The molecule has 4 aromatic rings. The lowest BCUT2D eigenvalue weighted by Gasteiger charge is -2.22. The minimum atomic E-state index is -0.259. The predicted molar refractivity (Wildman–Crippen MR) is 120 cm³/mol. The van der Waals surface area contributed by atoms with Crippen molar-refractivity contribution in [1.82, 2.24) is 29.6 Å². The Balaban J connectivity index is 1.77. The number of pyridine rings is 1. The first kappa shape index (κ1) is 21.0. The first-order valence-electron chi connectivity index (χ1n) is 10.1. The van der Waals surface area contributed by atoms with E-state index in [2.05, 4.69) is 20.1 Å². The van der Waals surface area contributed by atoms with Gasteiger partial charge in [-0.15, -0.1) is 0 Å². The average Bonchev–Trinajstić information content (AvgIpc) is 2.99. The number of rotatable bonds is 5. The highest BCUT2D eigenvalue weighted by Gasteiger charge is 2.23. The molecule has 0 atom stereocenters. The van der Waals surface area contributed by atoms with E-state index in [0.29, 0.717) is 39.5 Å². The lowest BCUT2D eigenvalue weighted by molar-refractivity contribution is 0.0740. The molecule has 4 rings (SSSR count). The summed E-state index contributed by atoms with van der Waals surface area (Å²) in [5, 5.41) is 6.13. The summed E-state index contributed by atoms with van der Waals surface area (Å²) in [6.07, 6.45) is 0.759. The molecule has 0 saturated carbocycles. The average molecular weight is 439 g/mol. The van der Waals surface area contributed by atoms with Crippen molar-refractivity contribution in [2.45, 2.75) is 33.7 Å². The number of carbonyl (C=O) groups excluding carboxylic acids is 1. The van der Waals surface area contributed by atoms with E-state index >= 15 is 0 Å². The zero-order chi connectivity index (χ0) is 22.3. The normalized spacial score (nSPS) is 11.4. The maximum Gasteiger partial charge on any atom is 0.258 e. The third-order valence-electron chi connectivity index (χ3n) is 5.17. The van der Waals surface area contributed by atoms with Crippen molar-refractivity contribution in [3.8, 4) is 0 Å². The second-order valence-electron chi connectivity index (χ2n) is 7.62. The Kier molecular flexibility index (Phi) is 5.49. The number of carbonyl (C=O) groups is 1. The molecule has 8 nitrogen and oxygen atoms in total. The second kappa shape index (κ2) is 8.11. The number of aryl methyl sites for hydroxylation is 3. The summed E-state index contributed by atoms with van der Waals surface area (Å²) < 4.78 is 1.69. The fraction of sp³-hybridized carbons (Fsp3) is 0.318. The van der Waals surface area contributed by atoms with Crippen molar-refractivity contribution in [2.24, 2.45) is 7.05 Å². The number of amides is 1. The zero-order valence-electron chi connectivity index (χ0n) is 17.9. The molecular formula is C22H23ClN6O2. The number of benzene rings is 1. The summed E-state index contributed by atoms with van der Waals surface area (Å²) in [5.41, 5.74) is 2.95. The molecule has 1 amide bonds. The smallest absolute Gasteiger partial charge is 0.258 e. The monoisotopic (exact) mass is 438 g/mol. The molecular weight excluding hydrogens is 416 g/mol. The van der Waals surface area contributed by atoms with E-state index in [1.165, 1.54) is 0 Å². The van der Waals surface area contributed by atoms with E-state index < -0.39 is 0 Å². The summed E-state index contributed by atoms with van der Waals surface area (Å²) in [5.74, 6) is 0.258. The van der Waals surface area contributed by atoms with Gasteiger partial charge >= 0.3 is 0 Å². The highest BCUT2D eigenvalue weighted by molar-refractivity contribution is 6.31. The summed E-state index contributed by atoms with van der Waals surface area (Å²) in [7, 11) is 1.81. The number of hydrogen-bond donors (Lipinski definition) is 1. The van der Waals surface area contributed by atoms with E-state index in [1.807, 2.05) is 27.8 Å². The van der Waals surface area contributed by atoms with Gasteiger partial charge < -0.3 is 9.88 Å².